The van der Waals surface area contributed by atoms with Crippen molar-refractivity contribution in [3.05, 3.63) is 0 Å². The van der Waals surface area contributed by atoms with E-state index in [-0.39, 0.29) is 6.10 Å². The van der Waals surface area contributed by atoms with E-state index in [9.17, 15) is 4.79 Å². The molecular weight excluding hydrogens is 144 g/mol. The fraction of sp³-hybridized carbons (Fsp3) is 0.857. The first-order valence-electron chi connectivity index (χ1n) is 3.70. The summed E-state index contributed by atoms with van der Waals surface area (Å²) in [4.78, 5) is 10.8. The number of primary amides is 1. The van der Waals surface area contributed by atoms with Gasteiger partial charge in [0.05, 0.1) is 11.6 Å². The molecule has 1 saturated carbocycles. The van der Waals surface area contributed by atoms with Crippen LogP contribution < -0.4 is 11.5 Å². The van der Waals surface area contributed by atoms with Gasteiger partial charge in [-0.1, -0.05) is 0 Å². The summed E-state index contributed by atoms with van der Waals surface area (Å²) in [5.41, 5.74) is 10.0. The van der Waals surface area contributed by atoms with Crippen molar-refractivity contribution >= 4 is 5.91 Å². The van der Waals surface area contributed by atoms with Gasteiger partial charge in [0.2, 0.25) is 5.91 Å². The Morgan fingerprint density at radius 1 is 1.73 bits per heavy atom. The van der Waals surface area contributed by atoms with Crippen molar-refractivity contribution in [1.29, 1.82) is 0 Å². The van der Waals surface area contributed by atoms with Crippen LogP contribution in [0.15, 0.2) is 0 Å². The van der Waals surface area contributed by atoms with Crippen LogP contribution in [0, 0.1) is 0 Å². The van der Waals surface area contributed by atoms with Crippen molar-refractivity contribution in [2.24, 2.45) is 11.5 Å². The van der Waals surface area contributed by atoms with Crippen LogP contribution in [0.2, 0.25) is 0 Å². The highest BCUT2D eigenvalue weighted by Crippen LogP contribution is 2.28. The van der Waals surface area contributed by atoms with E-state index >= 15 is 0 Å². The summed E-state index contributed by atoms with van der Waals surface area (Å²) in [6.07, 6.45) is 2.13. The number of rotatable bonds is 2. The molecule has 0 aliphatic heterocycles. The van der Waals surface area contributed by atoms with Crippen LogP contribution in [0.3, 0.4) is 0 Å². The Bertz CT molecular complexity index is 172. The molecular formula is C7H14N2O2. The molecule has 0 aromatic carbocycles. The zero-order valence-corrected chi connectivity index (χ0v) is 6.67. The van der Waals surface area contributed by atoms with Crippen molar-refractivity contribution in [2.75, 3.05) is 7.11 Å². The lowest BCUT2D eigenvalue weighted by molar-refractivity contribution is -0.123. The van der Waals surface area contributed by atoms with Crippen molar-refractivity contribution in [2.45, 2.75) is 30.9 Å². The summed E-state index contributed by atoms with van der Waals surface area (Å²) < 4.78 is 5.07. The SMILES string of the molecule is COC1CCC(N)(C(N)=O)C1. The second-order valence-corrected chi connectivity index (χ2v) is 3.12. The molecule has 4 nitrogen and oxygen atoms in total. The molecule has 1 aliphatic carbocycles. The number of methoxy groups -OCH3 is 1. The Labute approximate surface area is 65.9 Å². The molecule has 4 heteroatoms. The fourth-order valence-electron chi connectivity index (χ4n) is 1.45. The van der Waals surface area contributed by atoms with Crippen molar-refractivity contribution in [1.82, 2.24) is 0 Å². The first kappa shape index (κ1) is 8.49. The number of nitrogens with two attached hydrogens (primary N) is 2. The average Bonchev–Trinajstić information content (AvgIpc) is 2.33. The molecule has 0 radical (unpaired) electrons. The molecule has 11 heavy (non-hydrogen) atoms. The average molecular weight is 158 g/mol. The summed E-state index contributed by atoms with van der Waals surface area (Å²) in [5.74, 6) is -0.419. The molecule has 1 amide bonds. The fourth-order valence-corrected chi connectivity index (χ4v) is 1.45. The lowest BCUT2D eigenvalue weighted by Gasteiger charge is -2.18. The first-order chi connectivity index (χ1) is 5.08. The van der Waals surface area contributed by atoms with Gasteiger partial charge >= 0.3 is 0 Å². The van der Waals surface area contributed by atoms with Crippen molar-refractivity contribution in [3.63, 3.8) is 0 Å². The first-order valence-corrected chi connectivity index (χ1v) is 3.70. The standard InChI is InChI=1S/C7H14N2O2/c1-11-5-2-3-7(9,4-5)6(8)10/h5H,2-4,9H2,1H3,(H2,8,10). The lowest BCUT2D eigenvalue weighted by atomic mass is 9.99. The van der Waals surface area contributed by atoms with Gasteiger partial charge in [-0.25, -0.2) is 0 Å². The third-order valence-electron chi connectivity index (χ3n) is 2.33. The summed E-state index contributed by atoms with van der Waals surface area (Å²) in [5, 5.41) is 0. The van der Waals surface area contributed by atoms with Gasteiger partial charge in [-0.15, -0.1) is 0 Å². The van der Waals surface area contributed by atoms with Gasteiger partial charge in [-0.3, -0.25) is 4.79 Å². The summed E-state index contributed by atoms with van der Waals surface area (Å²) in [7, 11) is 1.62. The highest BCUT2D eigenvalue weighted by molar-refractivity contribution is 5.84. The Balaban J connectivity index is 2.57. The summed E-state index contributed by atoms with van der Waals surface area (Å²) >= 11 is 0. The molecule has 0 bridgehead atoms. The highest BCUT2D eigenvalue weighted by atomic mass is 16.5. The van der Waals surface area contributed by atoms with E-state index in [2.05, 4.69) is 0 Å². The van der Waals surface area contributed by atoms with Gasteiger partial charge in [0.1, 0.15) is 0 Å². The van der Waals surface area contributed by atoms with E-state index < -0.39 is 11.4 Å². The third kappa shape index (κ3) is 1.52. The van der Waals surface area contributed by atoms with Crippen LogP contribution in [-0.4, -0.2) is 24.7 Å². The number of amides is 1. The maximum Gasteiger partial charge on any atom is 0.237 e. The van der Waals surface area contributed by atoms with E-state index in [4.69, 9.17) is 16.2 Å². The Morgan fingerprint density at radius 3 is 2.64 bits per heavy atom. The van der Waals surface area contributed by atoms with Gasteiger partial charge in [-0.05, 0) is 12.8 Å². The normalized spacial score (nSPS) is 37.5. The van der Waals surface area contributed by atoms with Gasteiger partial charge in [0.25, 0.3) is 0 Å². The topological polar surface area (TPSA) is 78.3 Å². The highest BCUT2D eigenvalue weighted by Gasteiger charge is 2.40. The lowest BCUT2D eigenvalue weighted by Crippen LogP contribution is -2.50. The van der Waals surface area contributed by atoms with Crippen LogP contribution in [0.25, 0.3) is 0 Å². The molecule has 0 heterocycles. The Kier molecular flexibility index (Phi) is 2.15. The predicted octanol–water partition coefficient (Wildman–Crippen LogP) is -0.632. The zero-order valence-electron chi connectivity index (χ0n) is 6.67. The summed E-state index contributed by atoms with van der Waals surface area (Å²) in [6.45, 7) is 0. The molecule has 64 valence electrons. The molecule has 0 aromatic rings. The second-order valence-electron chi connectivity index (χ2n) is 3.12. The zero-order chi connectivity index (χ0) is 8.48. The monoisotopic (exact) mass is 158 g/mol. The minimum atomic E-state index is -0.819. The molecule has 0 aromatic heterocycles. The second kappa shape index (κ2) is 2.79. The maximum absolute atomic E-state index is 10.8. The minimum Gasteiger partial charge on any atom is -0.381 e. The van der Waals surface area contributed by atoms with Gasteiger partial charge in [0.15, 0.2) is 0 Å². The van der Waals surface area contributed by atoms with Crippen LogP contribution in [-0.2, 0) is 9.53 Å². The van der Waals surface area contributed by atoms with Crippen LogP contribution in [0.4, 0.5) is 0 Å². The van der Waals surface area contributed by atoms with E-state index in [1.165, 1.54) is 0 Å². The smallest absolute Gasteiger partial charge is 0.237 e. The molecule has 0 saturated heterocycles. The molecule has 0 spiro atoms. The number of hydrogen-bond donors (Lipinski definition) is 2. The number of carbonyl (C=O) groups excluding carboxylic acids is 1. The quantitative estimate of drug-likeness (QED) is 0.561. The van der Waals surface area contributed by atoms with E-state index in [0.717, 1.165) is 6.42 Å². The van der Waals surface area contributed by atoms with Crippen molar-refractivity contribution in [3.8, 4) is 0 Å². The van der Waals surface area contributed by atoms with Gasteiger partial charge in [-0.2, -0.15) is 0 Å². The Hall–Kier alpha value is -0.610. The largest absolute Gasteiger partial charge is 0.381 e. The van der Waals surface area contributed by atoms with Crippen LogP contribution in [0.5, 0.6) is 0 Å². The van der Waals surface area contributed by atoms with Gasteiger partial charge in [0, 0.05) is 13.5 Å². The molecule has 2 atom stereocenters. The summed E-state index contributed by atoms with van der Waals surface area (Å²) in [6, 6.07) is 0. The van der Waals surface area contributed by atoms with Crippen LogP contribution in [0.1, 0.15) is 19.3 Å². The molecule has 2 unspecified atom stereocenters. The molecule has 4 N–H and O–H groups in total. The van der Waals surface area contributed by atoms with Crippen molar-refractivity contribution < 1.29 is 9.53 Å². The molecule has 1 fully saturated rings. The third-order valence-corrected chi connectivity index (χ3v) is 2.33. The van der Waals surface area contributed by atoms with Crippen LogP contribution >= 0.6 is 0 Å². The van der Waals surface area contributed by atoms with Gasteiger partial charge < -0.3 is 16.2 Å². The van der Waals surface area contributed by atoms with E-state index in [0.29, 0.717) is 12.8 Å². The number of ether oxygens (including phenoxy) is 1. The number of hydrogen-bond acceptors (Lipinski definition) is 3. The minimum absolute atomic E-state index is 0.104. The predicted molar refractivity (Wildman–Crippen MR) is 40.8 cm³/mol. The number of carbonyl (C=O) groups is 1. The molecule has 1 rings (SSSR count). The Morgan fingerprint density at radius 2 is 2.36 bits per heavy atom. The van der Waals surface area contributed by atoms with E-state index in [1.807, 2.05) is 0 Å². The molecule has 1 aliphatic rings. The maximum atomic E-state index is 10.8. The van der Waals surface area contributed by atoms with E-state index in [1.54, 1.807) is 7.11 Å².